The lowest BCUT2D eigenvalue weighted by atomic mass is 10.1. The number of ether oxygens (including phenoxy) is 2. The van der Waals surface area contributed by atoms with E-state index >= 15 is 0 Å². The second kappa shape index (κ2) is 10.1. The van der Waals surface area contributed by atoms with Crippen molar-refractivity contribution >= 4 is 45.4 Å². The van der Waals surface area contributed by atoms with Crippen LogP contribution in [0.4, 0.5) is 5.69 Å². The van der Waals surface area contributed by atoms with Gasteiger partial charge in [-0.1, -0.05) is 23.7 Å². The van der Waals surface area contributed by atoms with Gasteiger partial charge in [-0.3, -0.25) is 9.10 Å². The second-order valence-electron chi connectivity index (χ2n) is 6.00. The molecule has 0 saturated heterocycles. The summed E-state index contributed by atoms with van der Waals surface area (Å²) < 4.78 is 34.8. The van der Waals surface area contributed by atoms with Crippen molar-refractivity contribution in [2.75, 3.05) is 31.3 Å². The summed E-state index contributed by atoms with van der Waals surface area (Å²) in [5.41, 5.74) is 3.46. The number of sulfonamides is 1. The summed E-state index contributed by atoms with van der Waals surface area (Å²) in [7, 11) is -1.05. The van der Waals surface area contributed by atoms with Gasteiger partial charge in [-0.15, -0.1) is 0 Å². The first-order valence-corrected chi connectivity index (χ1v) is 10.7. The molecule has 2 aromatic carbocycles. The molecule has 0 spiro atoms. The van der Waals surface area contributed by atoms with Crippen molar-refractivity contribution < 1.29 is 27.5 Å². The number of anilines is 1. The average molecular weight is 454 g/mol. The molecule has 0 atom stereocenters. The van der Waals surface area contributed by atoms with Gasteiger partial charge in [-0.25, -0.2) is 18.6 Å². The Kier molecular flexibility index (Phi) is 7.79. The molecule has 0 unspecified atom stereocenters. The lowest BCUT2D eigenvalue weighted by molar-refractivity contribution is -0.119. The van der Waals surface area contributed by atoms with E-state index in [0.29, 0.717) is 16.9 Å². The largest absolute Gasteiger partial charge is 0.495 e. The average Bonchev–Trinajstić information content (AvgIpc) is 2.71. The first-order valence-electron chi connectivity index (χ1n) is 8.47. The van der Waals surface area contributed by atoms with Gasteiger partial charge in [0.25, 0.3) is 5.91 Å². The molecule has 2 aromatic rings. The van der Waals surface area contributed by atoms with Crippen molar-refractivity contribution in [3.63, 3.8) is 0 Å². The van der Waals surface area contributed by atoms with Crippen molar-refractivity contribution in [3.8, 4) is 5.75 Å². The number of nitrogens with zero attached hydrogens (tertiary/aromatic N) is 2. The Labute approximate surface area is 179 Å². The van der Waals surface area contributed by atoms with Crippen LogP contribution in [0.1, 0.15) is 15.9 Å². The van der Waals surface area contributed by atoms with E-state index in [1.54, 1.807) is 24.3 Å². The van der Waals surface area contributed by atoms with Gasteiger partial charge >= 0.3 is 5.97 Å². The monoisotopic (exact) mass is 453 g/mol. The molecule has 0 aliphatic carbocycles. The zero-order chi connectivity index (χ0) is 22.3. The zero-order valence-electron chi connectivity index (χ0n) is 16.5. The minimum Gasteiger partial charge on any atom is -0.495 e. The van der Waals surface area contributed by atoms with Crippen molar-refractivity contribution in [3.05, 3.63) is 58.6 Å². The summed E-state index contributed by atoms with van der Waals surface area (Å²) in [4.78, 5) is 23.6. The molecule has 2 rings (SSSR count). The Morgan fingerprint density at radius 2 is 1.83 bits per heavy atom. The third-order valence-electron chi connectivity index (χ3n) is 3.85. The smallest absolute Gasteiger partial charge is 0.337 e. The lowest BCUT2D eigenvalue weighted by Gasteiger charge is -2.21. The van der Waals surface area contributed by atoms with Gasteiger partial charge in [-0.2, -0.15) is 5.10 Å². The molecule has 0 bridgehead atoms. The third kappa shape index (κ3) is 6.19. The van der Waals surface area contributed by atoms with Crippen LogP contribution in [0.2, 0.25) is 5.02 Å². The van der Waals surface area contributed by atoms with Crippen LogP contribution in [0.15, 0.2) is 47.6 Å². The molecule has 0 aromatic heterocycles. The van der Waals surface area contributed by atoms with Crippen molar-refractivity contribution in [2.45, 2.75) is 0 Å². The number of nitrogens with one attached hydrogen (secondary N) is 1. The van der Waals surface area contributed by atoms with Crippen LogP contribution < -0.4 is 14.5 Å². The summed E-state index contributed by atoms with van der Waals surface area (Å²) in [6.45, 7) is -0.500. The van der Waals surface area contributed by atoms with Gasteiger partial charge in [0.1, 0.15) is 12.3 Å². The van der Waals surface area contributed by atoms with Crippen LogP contribution in [-0.2, 0) is 19.6 Å². The Bertz CT molecular complexity index is 1050. The van der Waals surface area contributed by atoms with Crippen LogP contribution >= 0.6 is 11.6 Å². The molecular weight excluding hydrogens is 434 g/mol. The van der Waals surface area contributed by atoms with Gasteiger partial charge in [0.15, 0.2) is 0 Å². The van der Waals surface area contributed by atoms with Gasteiger partial charge in [0.2, 0.25) is 10.0 Å². The molecule has 0 fully saturated rings. The maximum atomic E-state index is 12.2. The summed E-state index contributed by atoms with van der Waals surface area (Å²) in [5, 5.41) is 4.01. The number of rotatable bonds is 8. The number of amides is 1. The van der Waals surface area contributed by atoms with Gasteiger partial charge in [0, 0.05) is 0 Å². The predicted octanol–water partition coefficient (Wildman–Crippen LogP) is 2.05. The first kappa shape index (κ1) is 23.2. The SMILES string of the molecule is COC(=O)c1ccc(/C=N\NC(=O)CN(c2ccc(OC)c(Cl)c2)S(C)(=O)=O)cc1. The molecule has 0 saturated carbocycles. The quantitative estimate of drug-likeness (QED) is 0.371. The minimum atomic E-state index is -3.76. The first-order chi connectivity index (χ1) is 14.2. The van der Waals surface area contributed by atoms with Crippen LogP contribution in [0.25, 0.3) is 0 Å². The summed E-state index contributed by atoms with van der Waals surface area (Å²) in [6, 6.07) is 10.7. The van der Waals surface area contributed by atoms with Gasteiger partial charge in [-0.05, 0) is 35.9 Å². The normalized spacial score (nSPS) is 11.2. The number of halogens is 1. The number of benzene rings is 2. The number of hydrazone groups is 1. The van der Waals surface area contributed by atoms with Crippen LogP contribution in [0.3, 0.4) is 0 Å². The topological polar surface area (TPSA) is 114 Å². The van der Waals surface area contributed by atoms with E-state index in [1.165, 1.54) is 38.6 Å². The fourth-order valence-corrected chi connectivity index (χ4v) is 3.48. The molecular formula is C19H20ClN3O6S. The second-order valence-corrected chi connectivity index (χ2v) is 8.31. The molecule has 11 heteroatoms. The lowest BCUT2D eigenvalue weighted by Crippen LogP contribution is -2.39. The van der Waals surface area contributed by atoms with E-state index < -0.39 is 28.4 Å². The van der Waals surface area contributed by atoms with Crippen LogP contribution in [0, 0.1) is 0 Å². The van der Waals surface area contributed by atoms with E-state index in [1.807, 2.05) is 0 Å². The molecule has 30 heavy (non-hydrogen) atoms. The standard InChI is InChI=1S/C19H20ClN3O6S/c1-28-17-9-8-15(10-16(17)20)23(30(3,26)27)12-18(24)22-21-11-13-4-6-14(7-5-13)19(25)29-2/h4-11H,12H2,1-3H3,(H,22,24)/b21-11-. The highest BCUT2D eigenvalue weighted by Crippen LogP contribution is 2.30. The predicted molar refractivity (Wildman–Crippen MR) is 114 cm³/mol. The van der Waals surface area contributed by atoms with Crippen molar-refractivity contribution in [1.82, 2.24) is 5.43 Å². The van der Waals surface area contributed by atoms with Gasteiger partial charge in [0.05, 0.1) is 43.0 Å². The number of hydrogen-bond donors (Lipinski definition) is 1. The molecule has 9 nitrogen and oxygen atoms in total. The summed E-state index contributed by atoms with van der Waals surface area (Å²) in [5.74, 6) is -0.748. The Hall–Kier alpha value is -3.11. The van der Waals surface area contributed by atoms with E-state index in [-0.39, 0.29) is 10.7 Å². The molecule has 1 N–H and O–H groups in total. The maximum Gasteiger partial charge on any atom is 0.337 e. The van der Waals surface area contributed by atoms with Crippen molar-refractivity contribution in [1.29, 1.82) is 0 Å². The molecule has 0 heterocycles. The Morgan fingerprint density at radius 3 is 2.37 bits per heavy atom. The van der Waals surface area contributed by atoms with Crippen LogP contribution in [-0.4, -0.2) is 53.5 Å². The van der Waals surface area contributed by atoms with E-state index in [9.17, 15) is 18.0 Å². The molecule has 0 aliphatic rings. The Morgan fingerprint density at radius 1 is 1.17 bits per heavy atom. The van der Waals surface area contributed by atoms with Crippen molar-refractivity contribution in [2.24, 2.45) is 5.10 Å². The van der Waals surface area contributed by atoms with Crippen LogP contribution in [0.5, 0.6) is 5.75 Å². The van der Waals surface area contributed by atoms with E-state index in [2.05, 4.69) is 15.3 Å². The number of methoxy groups -OCH3 is 2. The third-order valence-corrected chi connectivity index (χ3v) is 5.28. The number of carbonyl (C=O) groups excluding carboxylic acids is 2. The summed E-state index contributed by atoms with van der Waals surface area (Å²) in [6.07, 6.45) is 2.33. The minimum absolute atomic E-state index is 0.206. The van der Waals surface area contributed by atoms with Gasteiger partial charge < -0.3 is 9.47 Å². The summed E-state index contributed by atoms with van der Waals surface area (Å²) >= 11 is 6.05. The molecule has 160 valence electrons. The molecule has 1 amide bonds. The number of carbonyl (C=O) groups is 2. The zero-order valence-corrected chi connectivity index (χ0v) is 18.0. The van der Waals surface area contributed by atoms with E-state index in [4.69, 9.17) is 16.3 Å². The molecule has 0 aliphatic heterocycles. The molecule has 0 radical (unpaired) electrons. The fraction of sp³-hybridized carbons (Fsp3) is 0.211. The number of esters is 1. The Balaban J connectivity index is 2.07. The fourth-order valence-electron chi connectivity index (χ4n) is 2.38. The highest BCUT2D eigenvalue weighted by Gasteiger charge is 2.21. The maximum absolute atomic E-state index is 12.2. The highest BCUT2D eigenvalue weighted by molar-refractivity contribution is 7.92. The number of hydrogen-bond acceptors (Lipinski definition) is 7. The van der Waals surface area contributed by atoms with E-state index in [0.717, 1.165) is 10.6 Å². The highest BCUT2D eigenvalue weighted by atomic mass is 35.5.